The Bertz CT molecular complexity index is 900. The van der Waals surface area contributed by atoms with Crippen molar-refractivity contribution in [3.05, 3.63) is 58.6 Å². The van der Waals surface area contributed by atoms with Gasteiger partial charge in [-0.15, -0.1) is 0 Å². The van der Waals surface area contributed by atoms with Crippen LogP contribution in [0, 0.1) is 6.92 Å². The number of aromatic nitrogens is 2. The highest BCUT2D eigenvalue weighted by atomic mass is 35.5. The lowest BCUT2D eigenvalue weighted by molar-refractivity contribution is 0.415. The van der Waals surface area contributed by atoms with E-state index in [4.69, 9.17) is 21.4 Å². The van der Waals surface area contributed by atoms with Gasteiger partial charge in [-0.2, -0.15) is 5.10 Å². The Hall–Kier alpha value is -2.46. The predicted octanol–water partition coefficient (Wildman–Crippen LogP) is 4.48. The number of benzene rings is 2. The number of hydrogen-bond donors (Lipinski definition) is 1. The Morgan fingerprint density at radius 1 is 1.17 bits per heavy atom. The fourth-order valence-electron chi connectivity index (χ4n) is 3.16. The van der Waals surface area contributed by atoms with Gasteiger partial charge in [-0.05, 0) is 55.3 Å². The normalized spacial score (nSPS) is 12.8. The van der Waals surface area contributed by atoms with E-state index >= 15 is 0 Å². The van der Waals surface area contributed by atoms with Crippen LogP contribution >= 0.6 is 11.6 Å². The summed E-state index contributed by atoms with van der Waals surface area (Å²) < 4.78 is 7.22. The third-order valence-electron chi connectivity index (χ3n) is 4.48. The van der Waals surface area contributed by atoms with Crippen molar-refractivity contribution in [1.82, 2.24) is 9.78 Å². The summed E-state index contributed by atoms with van der Waals surface area (Å²) >= 11 is 6.30. The second-order valence-electron chi connectivity index (χ2n) is 5.88. The molecular weight excluding hydrogens is 322 g/mol. The monoisotopic (exact) mass is 339 g/mol. The molecule has 4 nitrogen and oxygen atoms in total. The topological polar surface area (TPSA) is 39.1 Å². The minimum atomic E-state index is 0.751. The highest BCUT2D eigenvalue weighted by molar-refractivity contribution is 6.31. The van der Waals surface area contributed by atoms with Crippen molar-refractivity contribution in [2.45, 2.75) is 13.3 Å². The molecule has 1 N–H and O–H groups in total. The molecule has 122 valence electrons. The van der Waals surface area contributed by atoms with E-state index in [1.807, 2.05) is 41.9 Å². The molecule has 0 radical (unpaired) electrons. The van der Waals surface area contributed by atoms with Crippen LogP contribution < -0.4 is 10.1 Å². The summed E-state index contributed by atoms with van der Waals surface area (Å²) in [6.45, 7) is 2.95. The maximum absolute atomic E-state index is 6.30. The van der Waals surface area contributed by atoms with Crippen LogP contribution in [-0.2, 0) is 6.42 Å². The van der Waals surface area contributed by atoms with Gasteiger partial charge in [-0.25, -0.2) is 4.68 Å². The van der Waals surface area contributed by atoms with E-state index in [0.717, 1.165) is 52.1 Å². The van der Waals surface area contributed by atoms with Gasteiger partial charge >= 0.3 is 0 Å². The first-order valence-corrected chi connectivity index (χ1v) is 8.32. The van der Waals surface area contributed by atoms with Crippen molar-refractivity contribution in [2.24, 2.45) is 0 Å². The summed E-state index contributed by atoms with van der Waals surface area (Å²) in [4.78, 5) is 0. The van der Waals surface area contributed by atoms with Gasteiger partial charge in [0.1, 0.15) is 11.6 Å². The van der Waals surface area contributed by atoms with Crippen molar-refractivity contribution < 1.29 is 4.74 Å². The number of nitrogens with one attached hydrogen (secondary N) is 1. The van der Waals surface area contributed by atoms with Crippen LogP contribution in [0.1, 0.15) is 11.1 Å². The number of anilines is 1. The van der Waals surface area contributed by atoms with Crippen LogP contribution in [0.25, 0.3) is 16.9 Å². The van der Waals surface area contributed by atoms with Gasteiger partial charge in [-0.1, -0.05) is 17.7 Å². The van der Waals surface area contributed by atoms with Crippen LogP contribution in [0.2, 0.25) is 5.02 Å². The Labute approximate surface area is 146 Å². The van der Waals surface area contributed by atoms with E-state index in [9.17, 15) is 0 Å². The molecule has 0 aliphatic carbocycles. The highest BCUT2D eigenvalue weighted by Gasteiger charge is 2.24. The number of methoxy groups -OCH3 is 1. The standard InChI is InChI=1S/C19H18ClN3O/c1-12-16(20)4-3-5-17(12)23-19-15(10-11-21-19)18(22-23)13-6-8-14(24-2)9-7-13/h3-9,21H,10-11H2,1-2H3. The molecule has 5 heteroatoms. The van der Waals surface area contributed by atoms with Crippen LogP contribution in [0.5, 0.6) is 5.75 Å². The third kappa shape index (κ3) is 2.34. The van der Waals surface area contributed by atoms with Gasteiger partial charge in [0.05, 0.1) is 18.5 Å². The Morgan fingerprint density at radius 3 is 2.71 bits per heavy atom. The number of nitrogens with zero attached hydrogens (tertiary/aromatic N) is 2. The van der Waals surface area contributed by atoms with E-state index in [0.29, 0.717) is 0 Å². The van der Waals surface area contributed by atoms with E-state index in [2.05, 4.69) is 17.4 Å². The first-order valence-electron chi connectivity index (χ1n) is 7.94. The molecule has 4 rings (SSSR count). The molecule has 2 aromatic carbocycles. The maximum atomic E-state index is 6.30. The molecule has 0 spiro atoms. The number of halogens is 1. The molecule has 0 bridgehead atoms. The molecule has 0 atom stereocenters. The minimum Gasteiger partial charge on any atom is -0.497 e. The van der Waals surface area contributed by atoms with Gasteiger partial charge in [0.2, 0.25) is 0 Å². The van der Waals surface area contributed by atoms with Gasteiger partial charge in [0.25, 0.3) is 0 Å². The maximum Gasteiger partial charge on any atom is 0.133 e. The van der Waals surface area contributed by atoms with Gasteiger partial charge in [0.15, 0.2) is 0 Å². The van der Waals surface area contributed by atoms with Gasteiger partial charge in [-0.3, -0.25) is 0 Å². The van der Waals surface area contributed by atoms with Crippen LogP contribution in [-0.4, -0.2) is 23.4 Å². The third-order valence-corrected chi connectivity index (χ3v) is 4.89. The summed E-state index contributed by atoms with van der Waals surface area (Å²) in [5.74, 6) is 1.91. The zero-order chi connectivity index (χ0) is 16.7. The fraction of sp³-hybridized carbons (Fsp3) is 0.211. The zero-order valence-electron chi connectivity index (χ0n) is 13.6. The number of rotatable bonds is 3. The lowest BCUT2D eigenvalue weighted by Gasteiger charge is -2.10. The van der Waals surface area contributed by atoms with E-state index in [1.165, 1.54) is 5.56 Å². The van der Waals surface area contributed by atoms with Crippen molar-refractivity contribution in [3.63, 3.8) is 0 Å². The molecule has 24 heavy (non-hydrogen) atoms. The summed E-state index contributed by atoms with van der Waals surface area (Å²) in [6, 6.07) is 13.9. The number of ether oxygens (including phenoxy) is 1. The summed E-state index contributed by atoms with van der Waals surface area (Å²) in [6.07, 6.45) is 0.969. The molecule has 3 aromatic rings. The Morgan fingerprint density at radius 2 is 1.96 bits per heavy atom. The summed E-state index contributed by atoms with van der Waals surface area (Å²) in [5, 5.41) is 9.09. The zero-order valence-corrected chi connectivity index (χ0v) is 14.4. The molecule has 0 fully saturated rings. The molecule has 0 saturated carbocycles. The molecule has 0 unspecified atom stereocenters. The first kappa shape index (κ1) is 15.1. The quantitative estimate of drug-likeness (QED) is 0.764. The molecule has 2 heterocycles. The lowest BCUT2D eigenvalue weighted by atomic mass is 10.1. The largest absolute Gasteiger partial charge is 0.497 e. The number of fused-ring (bicyclic) bond motifs is 1. The summed E-state index contributed by atoms with van der Waals surface area (Å²) in [7, 11) is 1.67. The minimum absolute atomic E-state index is 0.751. The SMILES string of the molecule is COc1ccc(-c2nn(-c3cccc(Cl)c3C)c3c2CCN3)cc1. The van der Waals surface area contributed by atoms with Crippen LogP contribution in [0.4, 0.5) is 5.82 Å². The van der Waals surface area contributed by atoms with E-state index < -0.39 is 0 Å². The molecule has 1 aliphatic rings. The Balaban J connectivity index is 1.87. The van der Waals surface area contributed by atoms with Crippen molar-refractivity contribution in [1.29, 1.82) is 0 Å². The second-order valence-corrected chi connectivity index (χ2v) is 6.28. The second kappa shape index (κ2) is 5.87. The van der Waals surface area contributed by atoms with Gasteiger partial charge in [0, 0.05) is 22.7 Å². The average Bonchev–Trinajstić information content (AvgIpc) is 3.20. The molecular formula is C19H18ClN3O. The van der Waals surface area contributed by atoms with Crippen LogP contribution in [0.3, 0.4) is 0 Å². The van der Waals surface area contributed by atoms with Crippen LogP contribution in [0.15, 0.2) is 42.5 Å². The number of hydrogen-bond acceptors (Lipinski definition) is 3. The van der Waals surface area contributed by atoms with E-state index in [1.54, 1.807) is 7.11 Å². The smallest absolute Gasteiger partial charge is 0.133 e. The Kier molecular flexibility index (Phi) is 3.69. The van der Waals surface area contributed by atoms with E-state index in [-0.39, 0.29) is 0 Å². The van der Waals surface area contributed by atoms with Gasteiger partial charge < -0.3 is 10.1 Å². The molecule has 0 saturated heterocycles. The first-order chi connectivity index (χ1) is 11.7. The molecule has 1 aromatic heterocycles. The fourth-order valence-corrected chi connectivity index (χ4v) is 3.32. The summed E-state index contributed by atoms with van der Waals surface area (Å²) in [5.41, 5.74) is 5.39. The molecule has 0 amide bonds. The van der Waals surface area contributed by atoms with Crippen molar-refractivity contribution >= 4 is 17.4 Å². The predicted molar refractivity (Wildman–Crippen MR) is 97.5 cm³/mol. The highest BCUT2D eigenvalue weighted by Crippen LogP contribution is 2.36. The van der Waals surface area contributed by atoms with Crippen molar-refractivity contribution in [2.75, 3.05) is 19.0 Å². The average molecular weight is 340 g/mol. The lowest BCUT2D eigenvalue weighted by Crippen LogP contribution is -2.05. The molecule has 1 aliphatic heterocycles. The van der Waals surface area contributed by atoms with Crippen molar-refractivity contribution in [3.8, 4) is 22.7 Å².